The summed E-state index contributed by atoms with van der Waals surface area (Å²) in [5.41, 5.74) is 18.5. The van der Waals surface area contributed by atoms with Crippen LogP contribution in [0.5, 0.6) is 0 Å². The van der Waals surface area contributed by atoms with Crippen molar-refractivity contribution in [2.45, 2.75) is 126 Å². The van der Waals surface area contributed by atoms with Gasteiger partial charge in [-0.25, -0.2) is 62.4 Å². The molecule has 0 spiro atoms. The number of carbonyl (C=O) groups excluding carboxylic acids is 4. The molecule has 12 aromatic carbocycles. The van der Waals surface area contributed by atoms with E-state index in [1.807, 2.05) is 181 Å². The summed E-state index contributed by atoms with van der Waals surface area (Å²) in [5, 5.41) is 14.4. The highest BCUT2D eigenvalue weighted by molar-refractivity contribution is 7.94. The highest BCUT2D eigenvalue weighted by atomic mass is 35.5. The van der Waals surface area contributed by atoms with Crippen molar-refractivity contribution in [1.82, 2.24) is 19.9 Å². The van der Waals surface area contributed by atoms with Crippen molar-refractivity contribution in [3.8, 4) is 45.0 Å². The number of aromatic nitrogens is 4. The highest BCUT2D eigenvalue weighted by Crippen LogP contribution is 2.45. The normalized spacial score (nSPS) is 13.0. The molecule has 0 bridgehead atoms. The van der Waals surface area contributed by atoms with Crippen LogP contribution in [-0.4, -0.2) is 103 Å². The zero-order valence-corrected chi connectivity index (χ0v) is 87.2. The van der Waals surface area contributed by atoms with Gasteiger partial charge in [-0.2, -0.15) is 0 Å². The van der Waals surface area contributed by atoms with Crippen LogP contribution in [0.1, 0.15) is 86.3 Å². The third-order valence-electron chi connectivity index (χ3n) is 24.8. The lowest BCUT2D eigenvalue weighted by atomic mass is 10.1. The molecule has 4 aromatic heterocycles. The van der Waals surface area contributed by atoms with Crippen LogP contribution in [0, 0.1) is 67.0 Å². The van der Waals surface area contributed by atoms with Gasteiger partial charge >= 0.3 is 0 Å². The maximum absolute atomic E-state index is 13.9. The van der Waals surface area contributed by atoms with Crippen LogP contribution in [0.4, 0.5) is 52.1 Å². The number of anilines is 8. The van der Waals surface area contributed by atoms with Gasteiger partial charge in [-0.1, -0.05) is 181 Å². The third-order valence-corrected chi connectivity index (χ3v) is 36.8. The van der Waals surface area contributed by atoms with E-state index in [4.69, 9.17) is 23.2 Å². The maximum Gasteiger partial charge on any atom is 0.264 e. The summed E-state index contributed by atoms with van der Waals surface area (Å²) in [7, 11) is -14.6. The Balaban J connectivity index is 0.000000132. The van der Waals surface area contributed by atoms with Crippen LogP contribution in [0.2, 0.25) is 10.0 Å². The number of thiazole rings is 4. The summed E-state index contributed by atoms with van der Waals surface area (Å²) >= 11 is 17.7. The fourth-order valence-electron chi connectivity index (χ4n) is 17.8. The van der Waals surface area contributed by atoms with Gasteiger partial charge in [-0.05, 0) is 257 Å². The quantitative estimate of drug-likeness (QED) is 0.0437. The summed E-state index contributed by atoms with van der Waals surface area (Å²) in [4.78, 5) is 73.6. The number of sulfonamides is 4. The summed E-state index contributed by atoms with van der Waals surface area (Å²) in [6, 6.07) is 77.5. The molecule has 4 aliphatic rings. The van der Waals surface area contributed by atoms with E-state index in [1.54, 1.807) is 123 Å². The largest absolute Gasteiger partial charge is 0.302 e. The maximum atomic E-state index is 13.9. The van der Waals surface area contributed by atoms with E-state index in [9.17, 15) is 61.6 Å². The minimum absolute atomic E-state index is 0.0514. The number of hydrogen-bond acceptors (Lipinski definition) is 20. The van der Waals surface area contributed by atoms with Crippen LogP contribution in [0.3, 0.4) is 0 Å². The van der Waals surface area contributed by atoms with Gasteiger partial charge in [0.25, 0.3) is 40.1 Å². The van der Waals surface area contributed by atoms with Crippen molar-refractivity contribution in [2.75, 3.05) is 64.7 Å². The van der Waals surface area contributed by atoms with E-state index < -0.39 is 45.9 Å². The van der Waals surface area contributed by atoms with Crippen LogP contribution in [0.25, 0.3) is 45.0 Å². The van der Waals surface area contributed by atoms with E-state index in [0.717, 1.165) is 109 Å². The summed E-state index contributed by atoms with van der Waals surface area (Å²) in [6.07, 6.45) is 2.80. The number of rotatable bonds is 24. The number of hydrogen-bond donors (Lipinski definition) is 4. The second-order valence-electron chi connectivity index (χ2n) is 34.8. The Morgan fingerprint density at radius 2 is 0.590 bits per heavy atom. The Morgan fingerprint density at radius 3 is 0.896 bits per heavy atom. The molecule has 20 rings (SSSR count). The van der Waals surface area contributed by atoms with Crippen LogP contribution < -0.4 is 38.5 Å². The minimum atomic E-state index is -3.66. The molecule has 0 saturated heterocycles. The number of nitrogens with one attached hydrogen (secondary N) is 4. The molecule has 0 atom stereocenters. The number of amides is 4. The summed E-state index contributed by atoms with van der Waals surface area (Å²) in [6.45, 7) is 16.5. The van der Waals surface area contributed by atoms with Crippen LogP contribution >= 0.6 is 68.5 Å². The number of fused-ring (bicyclic) bond motifs is 4. The molecular weight excluding hydrogens is 2020 g/mol. The number of nitrogens with zero attached hydrogens (tertiary/aromatic N) is 8. The van der Waals surface area contributed by atoms with Crippen molar-refractivity contribution in [3.05, 3.63) is 375 Å². The Hall–Kier alpha value is -13.5. The van der Waals surface area contributed by atoms with E-state index in [2.05, 4.69) is 41.2 Å². The Kier molecular flexibility index (Phi) is 30.6. The van der Waals surface area contributed by atoms with Crippen molar-refractivity contribution < 1.29 is 61.6 Å². The minimum Gasteiger partial charge on any atom is -0.302 e. The average molecular weight is 2120 g/mol. The van der Waals surface area contributed by atoms with Gasteiger partial charge in [0.15, 0.2) is 20.5 Å². The molecule has 4 aliphatic heterocycles. The molecule has 0 radical (unpaired) electrons. The third kappa shape index (κ3) is 22.5. The molecule has 0 unspecified atom stereocenters. The smallest absolute Gasteiger partial charge is 0.264 e. The SMILES string of the molecule is Cc1ccccc1S(=O)(=O)N1CCc2cc(-c3nc(NC(=O)Cc4cccc(Cl)c4)sc3C)ccc21.Cc1ccccc1S(=O)(=O)N1CCc2cc(-c3nc(NC(=O)Cc4cccc(F)c4)sc3C)ccc21.Cc1ccccc1S(=O)(=O)N1CCc2cc(-c3nc(NC(=O)Cc4ccccc4Cl)sc3C)ccc21.Cc1ccccc1S(=O)(=O)N1CCc2cc(-c3nc(NC(=O)Cc4ccccc4F)sc3C)ccc21. The molecule has 0 saturated carbocycles. The molecule has 16 aromatic rings. The van der Waals surface area contributed by atoms with E-state index in [1.165, 1.54) is 80.8 Å². The second kappa shape index (κ2) is 43.2. The first kappa shape index (κ1) is 102. The first-order valence-corrected chi connectivity index (χ1v) is 55.6. The van der Waals surface area contributed by atoms with Crippen molar-refractivity contribution in [3.63, 3.8) is 0 Å². The van der Waals surface area contributed by atoms with Gasteiger partial charge in [-0.15, -0.1) is 45.3 Å². The second-order valence-corrected chi connectivity index (χ2v) is 47.8. The van der Waals surface area contributed by atoms with Gasteiger partial charge in [0.1, 0.15) is 11.6 Å². The zero-order chi connectivity index (χ0) is 102. The van der Waals surface area contributed by atoms with Crippen LogP contribution in [-0.2, 0) is 111 Å². The molecule has 4 amide bonds. The molecular formula is C108H96Cl2F2N12O12S8. The first-order chi connectivity index (χ1) is 68.9. The number of aryl methyl sites for hydroxylation is 8. The number of benzene rings is 12. The molecule has 0 fully saturated rings. The topological polar surface area (TPSA) is 317 Å². The molecule has 144 heavy (non-hydrogen) atoms. The average Bonchev–Trinajstić information content (AvgIpc) is 1.61. The molecule has 36 heteroatoms. The standard InChI is InChI=1S/2C27H24ClN3O3S2.2C27H24FN3O3S2/c1-17-7-3-6-10-24(17)36(33,34)31-14-13-20-15-21(11-12-23(20)31)26-18(2)35-27(30-26)29-25(32)16-19-8-4-5-9-22(19)28;1-17-6-3-4-9-24(17)36(33,34)31-13-12-20-16-21(10-11-23(20)31)26-18(2)35-27(30-26)29-25(32)15-19-7-5-8-22(28)14-19;1-17-7-3-6-10-24(17)36(33,34)31-14-13-20-15-21(11-12-23(20)31)26-18(2)35-27(30-26)29-25(32)16-19-8-4-5-9-22(19)28;1-17-6-3-4-9-24(17)36(33,34)31-13-12-20-16-21(10-11-23(20)31)26-18(2)35-27(30-26)29-25(32)15-19-7-5-8-22(28)14-19/h3-12,15H,13-14,16H2,1-2H3,(H,29,30,32);3-11,14,16H,12-13,15H2,1-2H3,(H,29,30,32);3-12,15H,13-14,16H2,1-2H3,(H,29,30,32);3-11,14,16H,12-13,15H2,1-2H3,(H,29,30,32). The van der Waals surface area contributed by atoms with E-state index >= 15 is 0 Å². The van der Waals surface area contributed by atoms with Crippen LogP contribution in [0.15, 0.2) is 287 Å². The Morgan fingerprint density at radius 1 is 0.312 bits per heavy atom. The monoisotopic (exact) mass is 2120 g/mol. The van der Waals surface area contributed by atoms with Gasteiger partial charge in [0, 0.05) is 78.0 Å². The van der Waals surface area contributed by atoms with Crippen molar-refractivity contribution in [1.29, 1.82) is 0 Å². The summed E-state index contributed by atoms with van der Waals surface area (Å²) < 4.78 is 140. The first-order valence-electron chi connectivity index (χ1n) is 45.8. The number of halogens is 4. The lowest BCUT2D eigenvalue weighted by molar-refractivity contribution is -0.116. The van der Waals surface area contributed by atoms with Gasteiger partial charge in [-0.3, -0.25) is 36.4 Å². The molecule has 8 heterocycles. The Bertz CT molecular complexity index is 7750. The van der Waals surface area contributed by atoms with Gasteiger partial charge in [0.05, 0.1) is 90.8 Å². The van der Waals surface area contributed by atoms with Crippen molar-refractivity contribution in [2.24, 2.45) is 0 Å². The Labute approximate surface area is 860 Å². The van der Waals surface area contributed by atoms with Gasteiger partial charge in [0.2, 0.25) is 23.6 Å². The van der Waals surface area contributed by atoms with E-state index in [-0.39, 0.29) is 55.1 Å². The number of carbonyl (C=O) groups is 4. The lowest BCUT2D eigenvalue weighted by Gasteiger charge is -2.21. The lowest BCUT2D eigenvalue weighted by Crippen LogP contribution is -2.29. The molecule has 4 N–H and O–H groups in total. The van der Waals surface area contributed by atoms with E-state index in [0.29, 0.717) is 147 Å². The summed E-state index contributed by atoms with van der Waals surface area (Å²) in [5.74, 6) is -1.76. The predicted octanol–water partition coefficient (Wildman–Crippen LogP) is 23.0. The molecule has 736 valence electrons. The van der Waals surface area contributed by atoms with Gasteiger partial charge < -0.3 is 21.3 Å². The fraction of sp³-hybridized carbons (Fsp3) is 0.185. The van der Waals surface area contributed by atoms with Crippen molar-refractivity contribution >= 4 is 176 Å². The molecule has 24 nitrogen and oxygen atoms in total. The highest BCUT2D eigenvalue weighted by Gasteiger charge is 2.38. The zero-order valence-electron chi connectivity index (χ0n) is 79.1. The molecule has 0 aliphatic carbocycles. The fourth-order valence-corrected chi connectivity index (χ4v) is 28.5. The predicted molar refractivity (Wildman–Crippen MR) is 572 cm³/mol.